The number of hydrogen-bond donors (Lipinski definition) is 1. The Balaban J connectivity index is 1.58. The van der Waals surface area contributed by atoms with Gasteiger partial charge in [-0.1, -0.05) is 18.2 Å². The maximum atomic E-state index is 11.9. The van der Waals surface area contributed by atoms with E-state index in [4.69, 9.17) is 9.15 Å². The quantitative estimate of drug-likeness (QED) is 0.517. The number of esters is 1. The Kier molecular flexibility index (Phi) is 5.81. The Morgan fingerprint density at radius 2 is 2.08 bits per heavy atom. The molecule has 6 nitrogen and oxygen atoms in total. The topological polar surface area (TPSA) is 67.1 Å². The highest BCUT2D eigenvalue weighted by Gasteiger charge is 2.27. The fraction of sp³-hybridized carbons (Fsp3) is 0.500. The predicted octanol–water partition coefficient (Wildman–Crippen LogP) is 3.09. The number of aryl methyl sites for hydroxylation is 1. The van der Waals surface area contributed by atoms with Gasteiger partial charge in [0.25, 0.3) is 0 Å². The molecule has 1 N–H and O–H groups in total. The van der Waals surface area contributed by atoms with Crippen molar-refractivity contribution in [1.82, 2.24) is 10.2 Å². The van der Waals surface area contributed by atoms with Gasteiger partial charge in [0.1, 0.15) is 11.3 Å². The first-order chi connectivity index (χ1) is 12.6. The minimum Gasteiger partial charge on any atom is -0.466 e. The number of piperidine rings is 1. The first-order valence-electron chi connectivity index (χ1n) is 9.23. The Hall–Kier alpha value is -2.50. The van der Waals surface area contributed by atoms with Crippen LogP contribution in [-0.2, 0) is 16.1 Å². The SMILES string of the molecule is CCOC(=O)C1CCN(C(=NC)NCc2oc3ccccc3c2C)CC1. The van der Waals surface area contributed by atoms with Crippen LogP contribution in [0.3, 0.4) is 0 Å². The summed E-state index contributed by atoms with van der Waals surface area (Å²) in [6, 6.07) is 8.07. The number of carbonyl (C=O) groups excluding carboxylic acids is 1. The molecule has 0 atom stereocenters. The van der Waals surface area contributed by atoms with E-state index in [-0.39, 0.29) is 11.9 Å². The zero-order valence-corrected chi connectivity index (χ0v) is 15.7. The first kappa shape index (κ1) is 18.3. The lowest BCUT2D eigenvalue weighted by molar-refractivity contribution is -0.149. The van der Waals surface area contributed by atoms with Crippen molar-refractivity contribution >= 4 is 22.9 Å². The number of likely N-dealkylation sites (tertiary alicyclic amines) is 1. The number of guanidine groups is 1. The molecular weight excluding hydrogens is 330 g/mol. The third-order valence-electron chi connectivity index (χ3n) is 4.98. The van der Waals surface area contributed by atoms with Crippen molar-refractivity contribution in [1.29, 1.82) is 0 Å². The maximum Gasteiger partial charge on any atom is 0.309 e. The van der Waals surface area contributed by atoms with Gasteiger partial charge >= 0.3 is 5.97 Å². The average molecular weight is 357 g/mol. The number of carbonyl (C=O) groups is 1. The maximum absolute atomic E-state index is 11.9. The average Bonchev–Trinajstić information content (AvgIpc) is 2.99. The molecule has 140 valence electrons. The van der Waals surface area contributed by atoms with Gasteiger partial charge in [0.15, 0.2) is 5.96 Å². The summed E-state index contributed by atoms with van der Waals surface area (Å²) in [5, 5.41) is 4.54. The summed E-state index contributed by atoms with van der Waals surface area (Å²) in [6.45, 7) is 6.55. The van der Waals surface area contributed by atoms with Gasteiger partial charge in [0, 0.05) is 31.1 Å². The summed E-state index contributed by atoms with van der Waals surface area (Å²) in [5.41, 5.74) is 2.07. The molecule has 0 radical (unpaired) electrons. The van der Waals surface area contributed by atoms with Crippen molar-refractivity contribution in [2.75, 3.05) is 26.7 Å². The van der Waals surface area contributed by atoms with E-state index in [2.05, 4.69) is 28.2 Å². The summed E-state index contributed by atoms with van der Waals surface area (Å²) < 4.78 is 11.1. The molecule has 1 saturated heterocycles. The highest BCUT2D eigenvalue weighted by molar-refractivity contribution is 5.83. The molecule has 2 heterocycles. The molecule has 3 rings (SSSR count). The Morgan fingerprint density at radius 1 is 1.35 bits per heavy atom. The number of para-hydroxylation sites is 1. The normalized spacial score (nSPS) is 16.1. The van der Waals surface area contributed by atoms with Crippen molar-refractivity contribution in [3.05, 3.63) is 35.6 Å². The van der Waals surface area contributed by atoms with Gasteiger partial charge in [-0.05, 0) is 32.8 Å². The molecule has 1 aliphatic heterocycles. The van der Waals surface area contributed by atoms with Gasteiger partial charge in [0.05, 0.1) is 19.1 Å². The van der Waals surface area contributed by atoms with Crippen LogP contribution in [-0.4, -0.2) is 43.6 Å². The Bertz CT molecular complexity index is 789. The molecule has 0 aliphatic carbocycles. The predicted molar refractivity (Wildman–Crippen MR) is 102 cm³/mol. The van der Waals surface area contributed by atoms with Crippen molar-refractivity contribution in [2.24, 2.45) is 10.9 Å². The van der Waals surface area contributed by atoms with E-state index in [0.717, 1.165) is 54.2 Å². The van der Waals surface area contributed by atoms with Gasteiger partial charge in [-0.15, -0.1) is 0 Å². The molecule has 0 spiro atoms. The number of aliphatic imine (C=N–C) groups is 1. The van der Waals surface area contributed by atoms with Crippen molar-refractivity contribution in [2.45, 2.75) is 33.2 Å². The molecule has 0 saturated carbocycles. The Labute approximate surface area is 154 Å². The highest BCUT2D eigenvalue weighted by Crippen LogP contribution is 2.25. The fourth-order valence-corrected chi connectivity index (χ4v) is 3.47. The molecule has 1 aliphatic rings. The summed E-state index contributed by atoms with van der Waals surface area (Å²) in [4.78, 5) is 18.5. The van der Waals surface area contributed by atoms with Gasteiger partial charge < -0.3 is 19.4 Å². The minimum absolute atomic E-state index is 0.00178. The second-order valence-electron chi connectivity index (χ2n) is 6.56. The van der Waals surface area contributed by atoms with Crippen molar-refractivity contribution in [3.63, 3.8) is 0 Å². The second kappa shape index (κ2) is 8.25. The third kappa shape index (κ3) is 3.84. The number of fused-ring (bicyclic) bond motifs is 1. The van der Waals surface area contributed by atoms with Crippen LogP contribution in [0.1, 0.15) is 31.1 Å². The molecule has 0 unspecified atom stereocenters. The molecule has 1 aromatic carbocycles. The molecule has 1 aromatic heterocycles. The number of hydrogen-bond acceptors (Lipinski definition) is 4. The minimum atomic E-state index is -0.0759. The molecule has 0 bridgehead atoms. The van der Waals surface area contributed by atoms with Gasteiger partial charge in [-0.3, -0.25) is 9.79 Å². The third-order valence-corrected chi connectivity index (χ3v) is 4.98. The number of rotatable bonds is 4. The molecule has 0 amide bonds. The second-order valence-corrected chi connectivity index (χ2v) is 6.56. The number of ether oxygens (including phenoxy) is 1. The highest BCUT2D eigenvalue weighted by atomic mass is 16.5. The molecular formula is C20H27N3O3. The van der Waals surface area contributed by atoms with Crippen molar-refractivity contribution in [3.8, 4) is 0 Å². The summed E-state index contributed by atoms with van der Waals surface area (Å²) in [7, 11) is 1.78. The molecule has 2 aromatic rings. The number of benzene rings is 1. The van der Waals surface area contributed by atoms with Crippen LogP contribution in [0, 0.1) is 12.8 Å². The van der Waals surface area contributed by atoms with Gasteiger partial charge in [-0.2, -0.15) is 0 Å². The Morgan fingerprint density at radius 3 is 2.73 bits per heavy atom. The van der Waals surface area contributed by atoms with E-state index in [9.17, 15) is 4.79 Å². The largest absolute Gasteiger partial charge is 0.466 e. The van der Waals surface area contributed by atoms with Crippen LogP contribution in [0.2, 0.25) is 0 Å². The fourth-order valence-electron chi connectivity index (χ4n) is 3.47. The number of furan rings is 1. The van der Waals surface area contributed by atoms with Crippen LogP contribution in [0.4, 0.5) is 0 Å². The van der Waals surface area contributed by atoms with E-state index in [0.29, 0.717) is 13.2 Å². The number of nitrogens with one attached hydrogen (secondary N) is 1. The monoisotopic (exact) mass is 357 g/mol. The lowest BCUT2D eigenvalue weighted by Gasteiger charge is -2.33. The van der Waals surface area contributed by atoms with E-state index in [1.54, 1.807) is 7.05 Å². The standard InChI is InChI=1S/C20H27N3O3/c1-4-25-19(24)15-9-11-23(12-10-15)20(21-3)22-13-18-14(2)16-7-5-6-8-17(16)26-18/h5-8,15H,4,9-13H2,1-3H3,(H,21,22). The van der Waals surface area contributed by atoms with Crippen LogP contribution in [0.25, 0.3) is 11.0 Å². The first-order valence-corrected chi connectivity index (χ1v) is 9.23. The van der Waals surface area contributed by atoms with E-state index < -0.39 is 0 Å². The van der Waals surface area contributed by atoms with E-state index >= 15 is 0 Å². The summed E-state index contributed by atoms with van der Waals surface area (Å²) in [5.74, 6) is 1.69. The zero-order valence-electron chi connectivity index (χ0n) is 15.7. The van der Waals surface area contributed by atoms with Crippen LogP contribution in [0.15, 0.2) is 33.7 Å². The van der Waals surface area contributed by atoms with Gasteiger partial charge in [0.2, 0.25) is 0 Å². The van der Waals surface area contributed by atoms with Crippen LogP contribution >= 0.6 is 0 Å². The lowest BCUT2D eigenvalue weighted by Crippen LogP contribution is -2.46. The van der Waals surface area contributed by atoms with Gasteiger partial charge in [-0.25, -0.2) is 0 Å². The van der Waals surface area contributed by atoms with Crippen LogP contribution < -0.4 is 5.32 Å². The summed E-state index contributed by atoms with van der Waals surface area (Å²) >= 11 is 0. The molecule has 1 fully saturated rings. The van der Waals surface area contributed by atoms with Crippen molar-refractivity contribution < 1.29 is 13.9 Å². The lowest BCUT2D eigenvalue weighted by atomic mass is 9.97. The van der Waals surface area contributed by atoms with Crippen LogP contribution in [0.5, 0.6) is 0 Å². The molecule has 26 heavy (non-hydrogen) atoms. The van der Waals surface area contributed by atoms with E-state index in [1.165, 1.54) is 0 Å². The molecule has 6 heteroatoms. The van der Waals surface area contributed by atoms with E-state index in [1.807, 2.05) is 25.1 Å². The number of nitrogens with zero attached hydrogens (tertiary/aromatic N) is 2. The zero-order chi connectivity index (χ0) is 18.5. The smallest absolute Gasteiger partial charge is 0.309 e. The summed E-state index contributed by atoms with van der Waals surface area (Å²) in [6.07, 6.45) is 1.59.